The average molecular weight is 425 g/mol. The lowest BCUT2D eigenvalue weighted by Crippen LogP contribution is -2.39. The van der Waals surface area contributed by atoms with Gasteiger partial charge in [0.05, 0.1) is 17.9 Å². The van der Waals surface area contributed by atoms with E-state index in [1.54, 1.807) is 41.3 Å². The number of benzene rings is 1. The number of hydrogen-bond acceptors (Lipinski definition) is 6. The number of anilines is 2. The van der Waals surface area contributed by atoms with Gasteiger partial charge in [0.2, 0.25) is 11.9 Å². The number of nitrogens with zero attached hydrogens (tertiary/aromatic N) is 4. The van der Waals surface area contributed by atoms with E-state index in [4.69, 9.17) is 16.7 Å². The Balaban J connectivity index is 1.73. The van der Waals surface area contributed by atoms with Crippen molar-refractivity contribution >= 4 is 29.1 Å². The van der Waals surface area contributed by atoms with Gasteiger partial charge in [-0.3, -0.25) is 9.78 Å². The molecule has 3 aromatic rings. The molecule has 1 amide bonds. The second-order valence-corrected chi connectivity index (χ2v) is 7.42. The Labute approximate surface area is 178 Å². The fourth-order valence-corrected chi connectivity index (χ4v) is 3.62. The lowest BCUT2D eigenvalue weighted by atomic mass is 9.88. The van der Waals surface area contributed by atoms with Crippen LogP contribution in [0.1, 0.15) is 23.9 Å². The van der Waals surface area contributed by atoms with E-state index in [2.05, 4.69) is 32.3 Å². The predicted octanol–water partition coefficient (Wildman–Crippen LogP) is 3.03. The highest BCUT2D eigenvalue weighted by molar-refractivity contribution is 6.30. The summed E-state index contributed by atoms with van der Waals surface area (Å²) in [7, 11) is 0. The number of nitrogens with one attached hydrogen (secondary N) is 2. The zero-order valence-electron chi connectivity index (χ0n) is 16.1. The number of halogens is 1. The average Bonchev–Trinajstić information content (AvgIpc) is 3.15. The number of aliphatic hydroxyl groups is 1. The molecule has 0 saturated heterocycles. The first-order valence-electron chi connectivity index (χ1n) is 9.55. The largest absolute Gasteiger partial charge is 0.396 e. The van der Waals surface area contributed by atoms with E-state index in [1.807, 2.05) is 12.1 Å². The number of aryl methyl sites for hydroxylation is 1. The molecule has 9 heteroatoms. The molecule has 0 radical (unpaired) electrons. The van der Waals surface area contributed by atoms with Crippen LogP contribution in [-0.4, -0.2) is 37.4 Å². The quantitative estimate of drug-likeness (QED) is 0.561. The zero-order valence-corrected chi connectivity index (χ0v) is 16.9. The van der Waals surface area contributed by atoms with Crippen molar-refractivity contribution < 1.29 is 9.90 Å². The number of amides is 1. The van der Waals surface area contributed by atoms with Crippen molar-refractivity contribution in [3.8, 4) is 0 Å². The van der Waals surface area contributed by atoms with Crippen molar-refractivity contribution in [1.82, 2.24) is 19.7 Å². The van der Waals surface area contributed by atoms with Crippen LogP contribution in [0.2, 0.25) is 5.02 Å². The van der Waals surface area contributed by atoms with Crippen molar-refractivity contribution in [3.63, 3.8) is 0 Å². The standard InChI is InChI=1S/C21H21ClN6O2/c1-13-18(20(30)25-16-4-2-10-23-12-16)19(14-6-8-15(22)9-7-14)28-21(24-13)26-17(27-28)5-3-11-29/h2,4,6-10,12,18-19,29H,1,3,5,11H2,(H,25,30)(H,24,26,27)/t18-,19-/m1/s1. The van der Waals surface area contributed by atoms with Crippen LogP contribution in [0.25, 0.3) is 0 Å². The van der Waals surface area contributed by atoms with Crippen LogP contribution in [0, 0.1) is 5.92 Å². The normalized spacial score (nSPS) is 17.9. The third kappa shape index (κ3) is 4.05. The minimum atomic E-state index is -0.647. The van der Waals surface area contributed by atoms with Crippen molar-refractivity contribution in [2.45, 2.75) is 18.9 Å². The van der Waals surface area contributed by atoms with Gasteiger partial charge in [0.25, 0.3) is 0 Å². The van der Waals surface area contributed by atoms with E-state index < -0.39 is 12.0 Å². The first-order valence-corrected chi connectivity index (χ1v) is 9.93. The SMILES string of the molecule is C=C1Nc2nc(CCCO)nn2[C@H](c2ccc(Cl)cc2)[C@@H]1C(=O)Nc1cccnc1. The van der Waals surface area contributed by atoms with Gasteiger partial charge in [-0.1, -0.05) is 30.3 Å². The molecule has 2 atom stereocenters. The van der Waals surface area contributed by atoms with Crippen LogP contribution in [0.15, 0.2) is 61.1 Å². The lowest BCUT2D eigenvalue weighted by Gasteiger charge is -2.33. The smallest absolute Gasteiger partial charge is 0.236 e. The Morgan fingerprint density at radius 2 is 2.10 bits per heavy atom. The highest BCUT2D eigenvalue weighted by Gasteiger charge is 2.40. The topological polar surface area (TPSA) is 105 Å². The summed E-state index contributed by atoms with van der Waals surface area (Å²) in [5, 5.41) is 20.3. The van der Waals surface area contributed by atoms with Crippen LogP contribution < -0.4 is 10.6 Å². The third-order valence-corrected chi connectivity index (χ3v) is 5.14. The van der Waals surface area contributed by atoms with Crippen LogP contribution in [0.3, 0.4) is 0 Å². The summed E-state index contributed by atoms with van der Waals surface area (Å²) in [6.45, 7) is 4.14. The molecule has 154 valence electrons. The Hall–Kier alpha value is -3.23. The minimum absolute atomic E-state index is 0.0563. The van der Waals surface area contributed by atoms with Gasteiger partial charge < -0.3 is 15.7 Å². The van der Waals surface area contributed by atoms with Crippen LogP contribution in [0.4, 0.5) is 11.6 Å². The molecule has 0 spiro atoms. The molecule has 3 N–H and O–H groups in total. The van der Waals surface area contributed by atoms with E-state index in [0.29, 0.717) is 41.0 Å². The number of rotatable bonds is 6. The number of aromatic nitrogens is 4. The summed E-state index contributed by atoms with van der Waals surface area (Å²) >= 11 is 6.07. The summed E-state index contributed by atoms with van der Waals surface area (Å²) in [5.74, 6) is 0.217. The van der Waals surface area contributed by atoms with Crippen molar-refractivity contribution in [2.75, 3.05) is 17.2 Å². The first-order chi connectivity index (χ1) is 14.6. The molecular formula is C21H21ClN6O2. The summed E-state index contributed by atoms with van der Waals surface area (Å²) in [6, 6.07) is 10.4. The molecule has 4 rings (SSSR count). The highest BCUT2D eigenvalue weighted by Crippen LogP contribution is 2.38. The first kappa shape index (κ1) is 20.1. The number of carbonyl (C=O) groups is 1. The Morgan fingerprint density at radius 3 is 2.80 bits per heavy atom. The molecule has 30 heavy (non-hydrogen) atoms. The number of carbonyl (C=O) groups excluding carboxylic acids is 1. The number of aliphatic hydroxyl groups excluding tert-OH is 1. The summed E-state index contributed by atoms with van der Waals surface area (Å²) in [6.07, 6.45) is 4.32. The van der Waals surface area contributed by atoms with Gasteiger partial charge in [0.1, 0.15) is 5.92 Å². The molecular weight excluding hydrogens is 404 g/mol. The molecule has 0 saturated carbocycles. The Morgan fingerprint density at radius 1 is 1.30 bits per heavy atom. The van der Waals surface area contributed by atoms with Gasteiger partial charge in [0.15, 0.2) is 5.82 Å². The van der Waals surface area contributed by atoms with Crippen LogP contribution >= 0.6 is 11.6 Å². The van der Waals surface area contributed by atoms with E-state index >= 15 is 0 Å². The number of pyridine rings is 1. The van der Waals surface area contributed by atoms with Crippen LogP contribution in [0.5, 0.6) is 0 Å². The maximum atomic E-state index is 13.3. The maximum Gasteiger partial charge on any atom is 0.236 e. The monoisotopic (exact) mass is 424 g/mol. The van der Waals surface area contributed by atoms with Crippen LogP contribution in [-0.2, 0) is 11.2 Å². The molecule has 0 bridgehead atoms. The van der Waals surface area contributed by atoms with Gasteiger partial charge in [-0.25, -0.2) is 4.68 Å². The number of fused-ring (bicyclic) bond motifs is 1. The Bertz CT molecular complexity index is 1050. The van der Waals surface area contributed by atoms with Crippen molar-refractivity contribution in [1.29, 1.82) is 0 Å². The highest BCUT2D eigenvalue weighted by atomic mass is 35.5. The molecule has 3 heterocycles. The van der Waals surface area contributed by atoms with Gasteiger partial charge in [0, 0.05) is 29.9 Å². The molecule has 1 aliphatic heterocycles. The van der Waals surface area contributed by atoms with Gasteiger partial charge in [-0.05, 0) is 36.2 Å². The van der Waals surface area contributed by atoms with E-state index in [1.165, 1.54) is 0 Å². The van der Waals surface area contributed by atoms with Crippen molar-refractivity contribution in [3.05, 3.63) is 77.5 Å². The van der Waals surface area contributed by atoms with E-state index in [0.717, 1.165) is 5.56 Å². The predicted molar refractivity (Wildman–Crippen MR) is 114 cm³/mol. The summed E-state index contributed by atoms with van der Waals surface area (Å²) in [5.41, 5.74) is 1.97. The number of hydrogen-bond donors (Lipinski definition) is 3. The fourth-order valence-electron chi connectivity index (χ4n) is 3.49. The fraction of sp³-hybridized carbons (Fsp3) is 0.238. The third-order valence-electron chi connectivity index (χ3n) is 4.88. The molecule has 0 aliphatic carbocycles. The molecule has 2 aromatic heterocycles. The molecule has 8 nitrogen and oxygen atoms in total. The Kier molecular flexibility index (Phi) is 5.78. The van der Waals surface area contributed by atoms with E-state index in [9.17, 15) is 4.79 Å². The molecule has 0 fully saturated rings. The van der Waals surface area contributed by atoms with Gasteiger partial charge in [-0.15, -0.1) is 0 Å². The summed E-state index contributed by atoms with van der Waals surface area (Å²) < 4.78 is 1.71. The summed E-state index contributed by atoms with van der Waals surface area (Å²) in [4.78, 5) is 21.8. The molecule has 1 aromatic carbocycles. The minimum Gasteiger partial charge on any atom is -0.396 e. The maximum absolute atomic E-state index is 13.3. The molecule has 1 aliphatic rings. The van der Waals surface area contributed by atoms with Gasteiger partial charge >= 0.3 is 0 Å². The van der Waals surface area contributed by atoms with Gasteiger partial charge in [-0.2, -0.15) is 10.1 Å². The van der Waals surface area contributed by atoms with Crippen molar-refractivity contribution in [2.24, 2.45) is 5.92 Å². The zero-order chi connectivity index (χ0) is 21.1. The second-order valence-electron chi connectivity index (χ2n) is 6.98. The second kappa shape index (κ2) is 8.64. The molecule has 0 unspecified atom stereocenters. The van der Waals surface area contributed by atoms with E-state index in [-0.39, 0.29) is 12.5 Å². The lowest BCUT2D eigenvalue weighted by molar-refractivity contribution is -0.119.